The Kier molecular flexibility index (Phi) is 10.3. The van der Waals surface area contributed by atoms with Crippen molar-refractivity contribution in [3.05, 3.63) is 18.7 Å². The number of unbranched alkanes of at least 4 members (excludes halogenated alkanes) is 5. The maximum absolute atomic E-state index is 11.1. The summed E-state index contributed by atoms with van der Waals surface area (Å²) in [6.45, 7) is 3.56. The average Bonchev–Trinajstić information content (AvgIpc) is 2.81. The number of carbonyl (C=O) groups excluding carboxylic acids is 1. The molecule has 19 heavy (non-hydrogen) atoms. The van der Waals surface area contributed by atoms with Crippen LogP contribution in [0.2, 0.25) is 0 Å². The Morgan fingerprint density at radius 1 is 1.21 bits per heavy atom. The van der Waals surface area contributed by atoms with Crippen LogP contribution in [0.15, 0.2) is 18.7 Å². The molecule has 0 amide bonds. The van der Waals surface area contributed by atoms with Crippen molar-refractivity contribution in [1.82, 2.24) is 4.57 Å². The van der Waals surface area contributed by atoms with Crippen LogP contribution in [0.4, 0.5) is 0 Å². The van der Waals surface area contributed by atoms with Crippen LogP contribution in [0.1, 0.15) is 45.4 Å². The second-order valence-corrected chi connectivity index (χ2v) is 4.67. The van der Waals surface area contributed by atoms with Gasteiger partial charge in [-0.15, -0.1) is 0 Å². The fourth-order valence-electron chi connectivity index (χ4n) is 1.95. The lowest BCUT2D eigenvalue weighted by molar-refractivity contribution is -0.685. The molecule has 0 fully saturated rings. The number of ether oxygens (including phenoxy) is 1. The third-order valence-corrected chi connectivity index (χ3v) is 3.06. The Balaban J connectivity index is 0.00000324. The molecular weight excluding hydrogens is 264 g/mol. The molecule has 5 heteroatoms. The van der Waals surface area contributed by atoms with Crippen molar-refractivity contribution in [2.75, 3.05) is 7.11 Å². The van der Waals surface area contributed by atoms with E-state index >= 15 is 0 Å². The van der Waals surface area contributed by atoms with Crippen LogP contribution in [-0.4, -0.2) is 17.6 Å². The van der Waals surface area contributed by atoms with Crippen molar-refractivity contribution >= 4 is 5.97 Å². The van der Waals surface area contributed by atoms with Crippen LogP contribution < -0.4 is 17.0 Å². The van der Waals surface area contributed by atoms with E-state index in [9.17, 15) is 4.79 Å². The van der Waals surface area contributed by atoms with E-state index in [1.54, 1.807) is 0 Å². The molecule has 0 aliphatic heterocycles. The van der Waals surface area contributed by atoms with Crippen molar-refractivity contribution in [2.45, 2.75) is 58.5 Å². The number of carbonyl (C=O) groups is 1. The van der Waals surface area contributed by atoms with Crippen LogP contribution in [0.5, 0.6) is 0 Å². The van der Waals surface area contributed by atoms with Gasteiger partial charge in [0, 0.05) is 0 Å². The lowest BCUT2D eigenvalue weighted by atomic mass is 10.1. The summed E-state index contributed by atoms with van der Waals surface area (Å²) in [5, 5.41) is 0. The monoisotopic (exact) mass is 288 g/mol. The molecule has 0 aliphatic carbocycles. The summed E-state index contributed by atoms with van der Waals surface area (Å²) in [4.78, 5) is 11.1. The molecule has 0 bridgehead atoms. The van der Waals surface area contributed by atoms with Gasteiger partial charge in [-0.3, -0.25) is 0 Å². The zero-order chi connectivity index (χ0) is 13.2. The fourth-order valence-corrected chi connectivity index (χ4v) is 1.95. The molecule has 0 aliphatic rings. The minimum Gasteiger partial charge on any atom is -1.00 e. The van der Waals surface area contributed by atoms with Gasteiger partial charge in [-0.1, -0.05) is 32.6 Å². The molecule has 0 unspecified atom stereocenters. The van der Waals surface area contributed by atoms with Gasteiger partial charge in [0.2, 0.25) is 6.33 Å². The molecule has 0 aromatic carbocycles. The van der Waals surface area contributed by atoms with Gasteiger partial charge >= 0.3 is 5.97 Å². The number of hydrogen-bond acceptors (Lipinski definition) is 2. The lowest BCUT2D eigenvalue weighted by Gasteiger charge is -1.98. The first-order valence-corrected chi connectivity index (χ1v) is 6.88. The van der Waals surface area contributed by atoms with Gasteiger partial charge in [0.05, 0.1) is 13.7 Å². The van der Waals surface area contributed by atoms with E-state index in [-0.39, 0.29) is 18.4 Å². The number of nitrogens with zero attached hydrogens (tertiary/aromatic N) is 2. The van der Waals surface area contributed by atoms with Crippen LogP contribution in [0.3, 0.4) is 0 Å². The number of halogens is 1. The topological polar surface area (TPSA) is 35.1 Å². The van der Waals surface area contributed by atoms with Gasteiger partial charge in [-0.25, -0.2) is 13.9 Å². The highest BCUT2D eigenvalue weighted by molar-refractivity contribution is 5.67. The van der Waals surface area contributed by atoms with Crippen LogP contribution in [0.25, 0.3) is 0 Å². The summed E-state index contributed by atoms with van der Waals surface area (Å²) in [6, 6.07) is 0. The molecule has 0 spiro atoms. The van der Waals surface area contributed by atoms with Crippen LogP contribution in [0, 0.1) is 0 Å². The van der Waals surface area contributed by atoms with Crippen LogP contribution >= 0.6 is 0 Å². The molecule has 0 saturated carbocycles. The first kappa shape index (κ1) is 18.0. The molecule has 4 nitrogen and oxygen atoms in total. The maximum Gasteiger partial charge on any atom is 0.348 e. The van der Waals surface area contributed by atoms with Gasteiger partial charge in [0.15, 0.2) is 6.54 Å². The summed E-state index contributed by atoms with van der Waals surface area (Å²) < 4.78 is 8.61. The highest BCUT2D eigenvalue weighted by atomic mass is 35.5. The summed E-state index contributed by atoms with van der Waals surface area (Å²) in [5.74, 6) is -0.211. The summed E-state index contributed by atoms with van der Waals surface area (Å²) in [5.41, 5.74) is 0. The molecule has 1 rings (SSSR count). The molecule has 0 saturated heterocycles. The third kappa shape index (κ3) is 7.88. The lowest BCUT2D eigenvalue weighted by Crippen LogP contribution is -3.00. The number of hydrogen-bond donors (Lipinski definition) is 0. The fraction of sp³-hybridized carbons (Fsp3) is 0.714. The number of aromatic nitrogens is 2. The largest absolute Gasteiger partial charge is 1.00 e. The summed E-state index contributed by atoms with van der Waals surface area (Å²) in [7, 11) is 1.41. The highest BCUT2D eigenvalue weighted by Crippen LogP contribution is 2.05. The Bertz CT molecular complexity index is 353. The molecule has 0 N–H and O–H groups in total. The zero-order valence-corrected chi connectivity index (χ0v) is 12.7. The van der Waals surface area contributed by atoms with Crippen molar-refractivity contribution < 1.29 is 26.5 Å². The number of esters is 1. The van der Waals surface area contributed by atoms with Gasteiger partial charge < -0.3 is 17.1 Å². The first-order valence-electron chi connectivity index (χ1n) is 6.88. The quantitative estimate of drug-likeness (QED) is 0.343. The van der Waals surface area contributed by atoms with Crippen molar-refractivity contribution in [2.24, 2.45) is 0 Å². The molecule has 0 radical (unpaired) electrons. The third-order valence-electron chi connectivity index (χ3n) is 3.06. The molecule has 1 heterocycles. The molecular formula is C14H25ClN2O2. The van der Waals surface area contributed by atoms with E-state index in [0.29, 0.717) is 6.54 Å². The summed E-state index contributed by atoms with van der Waals surface area (Å²) in [6.07, 6.45) is 13.7. The predicted molar refractivity (Wildman–Crippen MR) is 70.0 cm³/mol. The highest BCUT2D eigenvalue weighted by Gasteiger charge is 2.08. The second kappa shape index (κ2) is 10.9. The summed E-state index contributed by atoms with van der Waals surface area (Å²) >= 11 is 0. The molecule has 0 atom stereocenters. The number of imidazole rings is 1. The van der Waals surface area contributed by atoms with Gasteiger partial charge in [0.1, 0.15) is 12.4 Å². The van der Waals surface area contributed by atoms with Gasteiger partial charge in [-0.05, 0) is 12.8 Å². The smallest absolute Gasteiger partial charge is 0.348 e. The van der Waals surface area contributed by atoms with E-state index < -0.39 is 0 Å². The maximum atomic E-state index is 11.1. The van der Waals surface area contributed by atoms with Gasteiger partial charge in [-0.2, -0.15) is 0 Å². The Morgan fingerprint density at radius 2 is 1.89 bits per heavy atom. The van der Waals surface area contributed by atoms with Gasteiger partial charge in [0.25, 0.3) is 0 Å². The first-order chi connectivity index (χ1) is 8.76. The van der Waals surface area contributed by atoms with E-state index in [1.165, 1.54) is 45.6 Å². The minimum absolute atomic E-state index is 0. The normalized spacial score (nSPS) is 10.0. The van der Waals surface area contributed by atoms with E-state index in [2.05, 4.69) is 16.2 Å². The Morgan fingerprint density at radius 3 is 2.58 bits per heavy atom. The molecule has 1 aromatic heterocycles. The number of aryl methyl sites for hydroxylation is 1. The number of methoxy groups -OCH3 is 1. The Hall–Kier alpha value is -1.03. The van der Waals surface area contributed by atoms with E-state index in [4.69, 9.17) is 0 Å². The SMILES string of the molecule is CCCCCCCCn1cc[n+](CC(=O)OC)c1.[Cl-]. The van der Waals surface area contributed by atoms with E-state index in [0.717, 1.165) is 6.54 Å². The molecule has 1 aromatic rings. The van der Waals surface area contributed by atoms with Crippen molar-refractivity contribution in [1.29, 1.82) is 0 Å². The zero-order valence-electron chi connectivity index (χ0n) is 12.0. The van der Waals surface area contributed by atoms with E-state index in [1.807, 2.05) is 23.3 Å². The minimum atomic E-state index is -0.211. The number of rotatable bonds is 9. The predicted octanol–water partition coefficient (Wildman–Crippen LogP) is -0.687. The van der Waals surface area contributed by atoms with Crippen molar-refractivity contribution in [3.63, 3.8) is 0 Å². The van der Waals surface area contributed by atoms with Crippen molar-refractivity contribution in [3.8, 4) is 0 Å². The second-order valence-electron chi connectivity index (χ2n) is 4.67. The van der Waals surface area contributed by atoms with Crippen LogP contribution in [-0.2, 0) is 22.6 Å². The standard InChI is InChI=1S/C14H25N2O2.ClH/c1-3-4-5-6-7-8-9-15-10-11-16(13-15)12-14(17)18-2;/h10-11,13H,3-9,12H2,1-2H3;1H/q+1;/p-1. The molecule has 110 valence electrons. The Labute approximate surface area is 122 Å². The average molecular weight is 289 g/mol.